The summed E-state index contributed by atoms with van der Waals surface area (Å²) in [5.74, 6) is 1.40. The molecular formula is C15H23ClNO3-. The van der Waals surface area contributed by atoms with E-state index >= 15 is 0 Å². The second kappa shape index (κ2) is 8.84. The Kier molecular flexibility index (Phi) is 8.30. The number of hydrogen-bond acceptors (Lipinski definition) is 4. The Morgan fingerprint density at radius 1 is 1.35 bits per heavy atom. The molecule has 114 valence electrons. The molecule has 0 aliphatic rings. The molecule has 0 fully saturated rings. The highest BCUT2D eigenvalue weighted by molar-refractivity contribution is 5.43. The van der Waals surface area contributed by atoms with Crippen LogP contribution in [0.2, 0.25) is 0 Å². The fourth-order valence-electron chi connectivity index (χ4n) is 1.49. The summed E-state index contributed by atoms with van der Waals surface area (Å²) < 4.78 is 10.8. The first-order chi connectivity index (χ1) is 9.02. The van der Waals surface area contributed by atoms with Gasteiger partial charge in [-0.25, -0.2) is 0 Å². The Morgan fingerprint density at radius 2 is 2.05 bits per heavy atom. The van der Waals surface area contributed by atoms with Crippen molar-refractivity contribution in [3.63, 3.8) is 0 Å². The summed E-state index contributed by atoms with van der Waals surface area (Å²) in [7, 11) is 1.62. The van der Waals surface area contributed by atoms with Crippen molar-refractivity contribution in [2.75, 3.05) is 20.3 Å². The molecule has 0 aliphatic heterocycles. The Morgan fingerprint density at radius 3 is 2.60 bits per heavy atom. The van der Waals surface area contributed by atoms with E-state index in [9.17, 15) is 5.11 Å². The zero-order chi connectivity index (χ0) is 14.3. The molecule has 1 aromatic rings. The van der Waals surface area contributed by atoms with Gasteiger partial charge >= 0.3 is 0 Å². The molecule has 0 atom stereocenters. The summed E-state index contributed by atoms with van der Waals surface area (Å²) in [6.07, 6.45) is 1.69. The molecule has 5 heteroatoms. The van der Waals surface area contributed by atoms with Crippen LogP contribution in [0.25, 0.3) is 0 Å². The largest absolute Gasteiger partial charge is 1.00 e. The average molecular weight is 301 g/mol. The van der Waals surface area contributed by atoms with Crippen molar-refractivity contribution < 1.29 is 27.0 Å². The molecule has 0 spiro atoms. The molecule has 0 bridgehead atoms. The van der Waals surface area contributed by atoms with Crippen LogP contribution < -0.4 is 27.2 Å². The summed E-state index contributed by atoms with van der Waals surface area (Å²) in [5.41, 5.74) is 0.773. The van der Waals surface area contributed by atoms with E-state index in [2.05, 4.69) is 11.9 Å². The SMILES string of the molecule is C=CCOc1ccc(CNC(C)(C)CO)cc1OC.[Cl-]. The number of methoxy groups -OCH3 is 1. The molecule has 0 amide bonds. The van der Waals surface area contributed by atoms with Crippen molar-refractivity contribution in [2.45, 2.75) is 25.9 Å². The highest BCUT2D eigenvalue weighted by Crippen LogP contribution is 2.28. The normalized spacial score (nSPS) is 10.6. The van der Waals surface area contributed by atoms with Gasteiger partial charge in [-0.2, -0.15) is 0 Å². The molecule has 0 heterocycles. The first-order valence-corrected chi connectivity index (χ1v) is 6.29. The summed E-state index contributed by atoms with van der Waals surface area (Å²) in [6, 6.07) is 5.78. The third-order valence-electron chi connectivity index (χ3n) is 2.75. The minimum atomic E-state index is -0.300. The lowest BCUT2D eigenvalue weighted by Crippen LogP contribution is -3.00. The summed E-state index contributed by atoms with van der Waals surface area (Å²) in [5, 5.41) is 12.5. The fraction of sp³-hybridized carbons (Fsp3) is 0.467. The predicted octanol–water partition coefficient (Wildman–Crippen LogP) is -0.875. The average Bonchev–Trinajstić information content (AvgIpc) is 2.43. The number of aliphatic hydroxyl groups excluding tert-OH is 1. The van der Waals surface area contributed by atoms with Gasteiger partial charge in [0.05, 0.1) is 13.7 Å². The van der Waals surface area contributed by atoms with Crippen molar-refractivity contribution in [3.8, 4) is 11.5 Å². The van der Waals surface area contributed by atoms with Crippen LogP contribution in [0.1, 0.15) is 19.4 Å². The second-order valence-electron chi connectivity index (χ2n) is 4.98. The maximum atomic E-state index is 9.20. The van der Waals surface area contributed by atoms with Gasteiger partial charge in [-0.1, -0.05) is 18.7 Å². The van der Waals surface area contributed by atoms with E-state index in [-0.39, 0.29) is 24.6 Å². The highest BCUT2D eigenvalue weighted by Gasteiger charge is 2.15. The number of hydrogen-bond donors (Lipinski definition) is 2. The van der Waals surface area contributed by atoms with Crippen molar-refractivity contribution in [2.24, 2.45) is 0 Å². The smallest absolute Gasteiger partial charge is 0.161 e. The third kappa shape index (κ3) is 5.82. The lowest BCUT2D eigenvalue weighted by Gasteiger charge is -2.23. The number of nitrogens with one attached hydrogen (secondary N) is 1. The molecular weight excluding hydrogens is 278 g/mol. The van der Waals surface area contributed by atoms with E-state index in [1.54, 1.807) is 13.2 Å². The van der Waals surface area contributed by atoms with Crippen molar-refractivity contribution in [1.29, 1.82) is 0 Å². The quantitative estimate of drug-likeness (QED) is 0.613. The van der Waals surface area contributed by atoms with E-state index in [0.29, 0.717) is 24.7 Å². The standard InChI is InChI=1S/C15H23NO3.ClH/c1-5-8-19-13-7-6-12(9-14(13)18-4)10-16-15(2,3)11-17;/h5-7,9,16-17H,1,8,10-11H2,2-4H3;1H/p-1. The van der Waals surface area contributed by atoms with Gasteiger partial charge in [-0.15, -0.1) is 0 Å². The summed E-state index contributed by atoms with van der Waals surface area (Å²) in [6.45, 7) is 8.71. The molecule has 2 N–H and O–H groups in total. The molecule has 4 nitrogen and oxygen atoms in total. The van der Waals surface area contributed by atoms with Crippen LogP contribution in [0, 0.1) is 0 Å². The van der Waals surface area contributed by atoms with Gasteiger partial charge < -0.3 is 32.3 Å². The molecule has 0 unspecified atom stereocenters. The Labute approximate surface area is 127 Å². The minimum absolute atomic E-state index is 0. The predicted molar refractivity (Wildman–Crippen MR) is 76.7 cm³/mol. The Balaban J connectivity index is 0.00000361. The van der Waals surface area contributed by atoms with Gasteiger partial charge in [0.25, 0.3) is 0 Å². The van der Waals surface area contributed by atoms with Gasteiger partial charge in [-0.3, -0.25) is 0 Å². The lowest BCUT2D eigenvalue weighted by molar-refractivity contribution is -0.00000562. The minimum Gasteiger partial charge on any atom is -1.00 e. The van der Waals surface area contributed by atoms with Crippen LogP contribution in [0.3, 0.4) is 0 Å². The molecule has 0 saturated carbocycles. The van der Waals surface area contributed by atoms with Crippen LogP contribution >= 0.6 is 0 Å². The van der Waals surface area contributed by atoms with Crippen LogP contribution in [-0.4, -0.2) is 31.0 Å². The number of benzene rings is 1. The van der Waals surface area contributed by atoms with Crippen LogP contribution in [-0.2, 0) is 6.54 Å². The van der Waals surface area contributed by atoms with Crippen LogP contribution in [0.4, 0.5) is 0 Å². The summed E-state index contributed by atoms with van der Waals surface area (Å²) >= 11 is 0. The zero-order valence-corrected chi connectivity index (χ0v) is 13.0. The topological polar surface area (TPSA) is 50.7 Å². The maximum absolute atomic E-state index is 9.20. The molecule has 1 rings (SSSR count). The monoisotopic (exact) mass is 300 g/mol. The third-order valence-corrected chi connectivity index (χ3v) is 2.75. The van der Waals surface area contributed by atoms with E-state index in [0.717, 1.165) is 5.56 Å². The van der Waals surface area contributed by atoms with Gasteiger partial charge in [0, 0.05) is 12.1 Å². The van der Waals surface area contributed by atoms with Gasteiger partial charge in [0.2, 0.25) is 0 Å². The lowest BCUT2D eigenvalue weighted by atomic mass is 10.1. The van der Waals surface area contributed by atoms with Crippen LogP contribution in [0.5, 0.6) is 11.5 Å². The van der Waals surface area contributed by atoms with Crippen LogP contribution in [0.15, 0.2) is 30.9 Å². The van der Waals surface area contributed by atoms with E-state index in [1.165, 1.54) is 0 Å². The van der Waals surface area contributed by atoms with Gasteiger partial charge in [0.1, 0.15) is 6.61 Å². The van der Waals surface area contributed by atoms with E-state index in [4.69, 9.17) is 9.47 Å². The highest BCUT2D eigenvalue weighted by atomic mass is 35.5. The van der Waals surface area contributed by atoms with Crippen molar-refractivity contribution in [1.82, 2.24) is 5.32 Å². The fourth-order valence-corrected chi connectivity index (χ4v) is 1.49. The zero-order valence-electron chi connectivity index (χ0n) is 12.3. The molecule has 0 aromatic heterocycles. The number of ether oxygens (including phenoxy) is 2. The molecule has 0 saturated heterocycles. The first-order valence-electron chi connectivity index (χ1n) is 6.29. The molecule has 0 radical (unpaired) electrons. The number of rotatable bonds is 8. The van der Waals surface area contributed by atoms with Gasteiger partial charge in [-0.05, 0) is 31.5 Å². The Bertz CT molecular complexity index is 422. The van der Waals surface area contributed by atoms with E-state index in [1.807, 2.05) is 32.0 Å². The molecule has 20 heavy (non-hydrogen) atoms. The number of aliphatic hydroxyl groups is 1. The Hall–Kier alpha value is -1.23. The van der Waals surface area contributed by atoms with Crippen molar-refractivity contribution >= 4 is 0 Å². The maximum Gasteiger partial charge on any atom is 0.161 e. The second-order valence-corrected chi connectivity index (χ2v) is 4.98. The van der Waals surface area contributed by atoms with Crippen molar-refractivity contribution in [3.05, 3.63) is 36.4 Å². The van der Waals surface area contributed by atoms with Gasteiger partial charge in [0.15, 0.2) is 11.5 Å². The number of halogens is 1. The molecule has 1 aromatic carbocycles. The summed E-state index contributed by atoms with van der Waals surface area (Å²) in [4.78, 5) is 0. The first kappa shape index (κ1) is 18.8. The molecule has 0 aliphatic carbocycles. The van der Waals surface area contributed by atoms with E-state index < -0.39 is 0 Å².